The minimum absolute atomic E-state index is 0.102. The van der Waals surface area contributed by atoms with Gasteiger partial charge >= 0.3 is 0 Å². The van der Waals surface area contributed by atoms with E-state index in [4.69, 9.17) is 21.1 Å². The Hall–Kier alpha value is -3.02. The molecule has 0 saturated carbocycles. The Labute approximate surface area is 192 Å². The maximum atomic E-state index is 13.9. The lowest BCUT2D eigenvalue weighted by atomic mass is 10.1. The smallest absolute Gasteiger partial charge is 0.163 e. The Bertz CT molecular complexity index is 1190. The molecule has 0 atom stereocenters. The fourth-order valence-electron chi connectivity index (χ4n) is 3.65. The van der Waals surface area contributed by atoms with Gasteiger partial charge in [0.2, 0.25) is 0 Å². The summed E-state index contributed by atoms with van der Waals surface area (Å²) in [6.07, 6.45) is 2.97. The average Bonchev–Trinajstić information content (AvgIpc) is 3.21. The number of fused-ring (bicyclic) bond motifs is 1. The second-order valence-electron chi connectivity index (χ2n) is 7.49. The molecule has 1 heterocycles. The van der Waals surface area contributed by atoms with Crippen molar-refractivity contribution < 1.29 is 13.9 Å². The molecule has 1 aromatic heterocycles. The number of hydrogen-bond acceptors (Lipinski definition) is 3. The number of rotatable bonds is 10. The summed E-state index contributed by atoms with van der Waals surface area (Å²) in [5.74, 6) is 0.803. The summed E-state index contributed by atoms with van der Waals surface area (Å²) < 4.78 is 25.5. The van der Waals surface area contributed by atoms with E-state index >= 15 is 0 Å². The number of benzene rings is 3. The van der Waals surface area contributed by atoms with Crippen molar-refractivity contribution in [1.82, 2.24) is 10.3 Å². The molecule has 4 rings (SSSR count). The molecule has 0 saturated heterocycles. The van der Waals surface area contributed by atoms with E-state index in [1.807, 2.05) is 19.1 Å². The largest absolute Gasteiger partial charge is 0.490 e. The van der Waals surface area contributed by atoms with Gasteiger partial charge in [-0.25, -0.2) is 4.39 Å². The van der Waals surface area contributed by atoms with Gasteiger partial charge in [-0.3, -0.25) is 0 Å². The Morgan fingerprint density at radius 1 is 0.938 bits per heavy atom. The molecule has 0 radical (unpaired) electrons. The summed E-state index contributed by atoms with van der Waals surface area (Å²) in [5, 5.41) is 5.29. The highest BCUT2D eigenvalue weighted by Gasteiger charge is 2.13. The van der Waals surface area contributed by atoms with Gasteiger partial charge in [0.1, 0.15) is 12.4 Å². The molecule has 4 nitrogen and oxygen atoms in total. The number of para-hydroxylation sites is 1. The molecule has 32 heavy (non-hydrogen) atoms. The SMILES string of the molecule is CCOc1cc(CNCCc2c[nH]c3ccccc23)c(Cl)cc1OCc1ccccc1F. The molecule has 2 N–H and O–H groups in total. The minimum atomic E-state index is -0.299. The van der Waals surface area contributed by atoms with Crippen molar-refractivity contribution >= 4 is 22.5 Å². The van der Waals surface area contributed by atoms with E-state index in [0.717, 1.165) is 24.0 Å². The lowest BCUT2D eigenvalue weighted by Crippen LogP contribution is -2.17. The highest BCUT2D eigenvalue weighted by Crippen LogP contribution is 2.34. The Morgan fingerprint density at radius 2 is 1.72 bits per heavy atom. The first-order valence-electron chi connectivity index (χ1n) is 10.7. The second-order valence-corrected chi connectivity index (χ2v) is 7.90. The number of H-pyrrole nitrogens is 1. The first kappa shape index (κ1) is 22.2. The predicted molar refractivity (Wildman–Crippen MR) is 127 cm³/mol. The quantitative estimate of drug-likeness (QED) is 0.279. The standard InChI is InChI=1S/C26H26ClFN2O2/c1-2-31-25-13-20(15-29-12-11-18-16-30-24-10-6-4-8-21(18)24)22(27)14-26(25)32-17-19-7-3-5-9-23(19)28/h3-10,13-14,16,29-30H,2,11-12,15,17H2,1H3. The molecule has 166 valence electrons. The molecule has 0 amide bonds. The molecule has 3 aromatic carbocycles. The van der Waals surface area contributed by atoms with Crippen LogP contribution < -0.4 is 14.8 Å². The average molecular weight is 453 g/mol. The second kappa shape index (κ2) is 10.5. The van der Waals surface area contributed by atoms with E-state index in [1.165, 1.54) is 17.0 Å². The summed E-state index contributed by atoms with van der Waals surface area (Å²) in [6, 6.07) is 18.5. The molecule has 0 aliphatic heterocycles. The van der Waals surface area contributed by atoms with Gasteiger partial charge in [-0.2, -0.15) is 0 Å². The fraction of sp³-hybridized carbons (Fsp3) is 0.231. The molecule has 0 aliphatic carbocycles. The van der Waals surface area contributed by atoms with Crippen molar-refractivity contribution in [3.63, 3.8) is 0 Å². The van der Waals surface area contributed by atoms with E-state index in [-0.39, 0.29) is 12.4 Å². The third-order valence-corrected chi connectivity index (χ3v) is 5.67. The van der Waals surface area contributed by atoms with Gasteiger partial charge in [-0.05, 0) is 49.2 Å². The lowest BCUT2D eigenvalue weighted by molar-refractivity contribution is 0.265. The van der Waals surface area contributed by atoms with Crippen LogP contribution in [0.4, 0.5) is 4.39 Å². The van der Waals surface area contributed by atoms with E-state index in [2.05, 4.69) is 34.7 Å². The summed E-state index contributed by atoms with van der Waals surface area (Å²) in [6.45, 7) is 3.92. The first-order chi connectivity index (χ1) is 15.7. The summed E-state index contributed by atoms with van der Waals surface area (Å²) in [4.78, 5) is 3.31. The van der Waals surface area contributed by atoms with Crippen LogP contribution in [-0.4, -0.2) is 18.1 Å². The number of aromatic amines is 1. The topological polar surface area (TPSA) is 46.3 Å². The maximum Gasteiger partial charge on any atom is 0.163 e. The Kier molecular flexibility index (Phi) is 7.30. The fourth-order valence-corrected chi connectivity index (χ4v) is 3.87. The number of ether oxygens (including phenoxy) is 2. The van der Waals surface area contributed by atoms with Gasteiger partial charge in [0.15, 0.2) is 11.5 Å². The Balaban J connectivity index is 1.39. The number of hydrogen-bond donors (Lipinski definition) is 2. The van der Waals surface area contributed by atoms with Gasteiger partial charge in [0.05, 0.1) is 6.61 Å². The molecule has 0 unspecified atom stereocenters. The zero-order valence-electron chi connectivity index (χ0n) is 18.0. The zero-order valence-corrected chi connectivity index (χ0v) is 18.7. The van der Waals surface area contributed by atoms with E-state index < -0.39 is 0 Å². The highest BCUT2D eigenvalue weighted by molar-refractivity contribution is 6.31. The first-order valence-corrected chi connectivity index (χ1v) is 11.1. The molecule has 0 aliphatic rings. The maximum absolute atomic E-state index is 13.9. The Morgan fingerprint density at radius 3 is 2.56 bits per heavy atom. The van der Waals surface area contributed by atoms with Gasteiger partial charge in [-0.1, -0.05) is 48.0 Å². The van der Waals surface area contributed by atoms with Crippen LogP contribution in [0.1, 0.15) is 23.6 Å². The van der Waals surface area contributed by atoms with Crippen molar-refractivity contribution in [2.24, 2.45) is 0 Å². The molecule has 6 heteroatoms. The molecular formula is C26H26ClFN2O2. The molecule has 4 aromatic rings. The number of halogens is 2. The molecule has 0 bridgehead atoms. The molecular weight excluding hydrogens is 427 g/mol. The van der Waals surface area contributed by atoms with Crippen molar-refractivity contribution in [3.05, 3.63) is 94.4 Å². The summed E-state index contributed by atoms with van der Waals surface area (Å²) >= 11 is 6.52. The zero-order chi connectivity index (χ0) is 22.3. The number of aromatic nitrogens is 1. The third kappa shape index (κ3) is 5.23. The predicted octanol–water partition coefficient (Wildman–Crippen LogP) is 6.27. The lowest BCUT2D eigenvalue weighted by Gasteiger charge is -2.15. The van der Waals surface area contributed by atoms with Gasteiger partial charge in [-0.15, -0.1) is 0 Å². The van der Waals surface area contributed by atoms with Crippen LogP contribution in [0.15, 0.2) is 66.9 Å². The molecule has 0 spiro atoms. The van der Waals surface area contributed by atoms with E-state index in [0.29, 0.717) is 35.2 Å². The van der Waals surface area contributed by atoms with Crippen molar-refractivity contribution in [1.29, 1.82) is 0 Å². The van der Waals surface area contributed by atoms with Crippen LogP contribution in [-0.2, 0) is 19.6 Å². The third-order valence-electron chi connectivity index (χ3n) is 5.32. The monoisotopic (exact) mass is 452 g/mol. The summed E-state index contributed by atoms with van der Waals surface area (Å²) in [5.41, 5.74) is 3.84. The molecule has 0 fully saturated rings. The normalized spacial score (nSPS) is 11.1. The van der Waals surface area contributed by atoms with Gasteiger partial charge < -0.3 is 19.8 Å². The van der Waals surface area contributed by atoms with Crippen LogP contribution in [0.25, 0.3) is 10.9 Å². The van der Waals surface area contributed by atoms with Crippen LogP contribution in [0, 0.1) is 5.82 Å². The van der Waals surface area contributed by atoms with Gasteiger partial charge in [0.25, 0.3) is 0 Å². The van der Waals surface area contributed by atoms with Crippen molar-refractivity contribution in [3.8, 4) is 11.5 Å². The van der Waals surface area contributed by atoms with Crippen LogP contribution in [0.3, 0.4) is 0 Å². The number of nitrogens with one attached hydrogen (secondary N) is 2. The van der Waals surface area contributed by atoms with Crippen molar-refractivity contribution in [2.45, 2.75) is 26.5 Å². The van der Waals surface area contributed by atoms with E-state index in [1.54, 1.807) is 24.3 Å². The van der Waals surface area contributed by atoms with E-state index in [9.17, 15) is 4.39 Å². The van der Waals surface area contributed by atoms with Crippen LogP contribution in [0.5, 0.6) is 11.5 Å². The van der Waals surface area contributed by atoms with Gasteiger partial charge in [0, 0.05) is 40.3 Å². The summed E-state index contributed by atoms with van der Waals surface area (Å²) in [7, 11) is 0. The highest BCUT2D eigenvalue weighted by atomic mass is 35.5. The van der Waals surface area contributed by atoms with Crippen LogP contribution in [0.2, 0.25) is 5.02 Å². The minimum Gasteiger partial charge on any atom is -0.490 e. The van der Waals surface area contributed by atoms with Crippen molar-refractivity contribution in [2.75, 3.05) is 13.2 Å². The van der Waals surface area contributed by atoms with Crippen LogP contribution >= 0.6 is 11.6 Å².